The third-order valence-electron chi connectivity index (χ3n) is 2.84. The number of nitrogens with zero attached hydrogens (tertiary/aromatic N) is 1. The number of unbranched alkanes of at least 4 members (excludes halogenated alkanes) is 2. The molecule has 0 aliphatic rings. The molecule has 0 aliphatic carbocycles. The van der Waals surface area contributed by atoms with Gasteiger partial charge in [-0.3, -0.25) is 0 Å². The van der Waals surface area contributed by atoms with E-state index in [-0.39, 0.29) is 0 Å². The molecule has 13 heavy (non-hydrogen) atoms. The van der Waals surface area contributed by atoms with Crippen molar-refractivity contribution in [2.75, 3.05) is 20.1 Å². The van der Waals surface area contributed by atoms with Gasteiger partial charge < -0.3 is 4.90 Å². The Labute approximate surface area is 84.5 Å². The Hall–Kier alpha value is -0.0400. The van der Waals surface area contributed by atoms with Crippen molar-refractivity contribution in [3.8, 4) is 0 Å². The molecular formula is C12H27N. The highest BCUT2D eigenvalue weighted by molar-refractivity contribution is 4.57. The molecule has 0 fully saturated rings. The highest BCUT2D eigenvalue weighted by atomic mass is 15.1. The van der Waals surface area contributed by atoms with Gasteiger partial charge in [0.1, 0.15) is 0 Å². The molecular weight excluding hydrogens is 158 g/mol. The van der Waals surface area contributed by atoms with E-state index in [0.717, 1.165) is 5.92 Å². The van der Waals surface area contributed by atoms with Crippen molar-refractivity contribution in [3.05, 3.63) is 0 Å². The molecule has 0 amide bonds. The summed E-state index contributed by atoms with van der Waals surface area (Å²) in [7, 11) is 2.21. The zero-order valence-electron chi connectivity index (χ0n) is 9.97. The summed E-state index contributed by atoms with van der Waals surface area (Å²) in [5.41, 5.74) is 0. The topological polar surface area (TPSA) is 3.24 Å². The first-order chi connectivity index (χ1) is 6.20. The van der Waals surface area contributed by atoms with Gasteiger partial charge in [-0.25, -0.2) is 0 Å². The lowest BCUT2D eigenvalue weighted by Gasteiger charge is -2.17. The fraction of sp³-hybridized carbons (Fsp3) is 1.00. The van der Waals surface area contributed by atoms with E-state index < -0.39 is 0 Å². The minimum atomic E-state index is 0.917. The highest BCUT2D eigenvalue weighted by Crippen LogP contribution is 2.12. The summed E-state index contributed by atoms with van der Waals surface area (Å²) in [6.07, 6.45) is 6.97. The summed E-state index contributed by atoms with van der Waals surface area (Å²) in [5, 5.41) is 0. The van der Waals surface area contributed by atoms with Gasteiger partial charge in [-0.2, -0.15) is 0 Å². The smallest absolute Gasteiger partial charge is 0.00194 e. The van der Waals surface area contributed by atoms with Crippen LogP contribution >= 0.6 is 0 Å². The molecule has 0 aromatic rings. The van der Waals surface area contributed by atoms with Crippen LogP contribution in [0.25, 0.3) is 0 Å². The fourth-order valence-electron chi connectivity index (χ4n) is 1.49. The van der Waals surface area contributed by atoms with Crippen LogP contribution in [0, 0.1) is 5.92 Å². The molecule has 0 saturated heterocycles. The quantitative estimate of drug-likeness (QED) is 0.523. The number of hydrogen-bond donors (Lipinski definition) is 0. The van der Waals surface area contributed by atoms with Gasteiger partial charge in [0.25, 0.3) is 0 Å². The van der Waals surface area contributed by atoms with Crippen molar-refractivity contribution in [2.24, 2.45) is 5.92 Å². The lowest BCUT2D eigenvalue weighted by Crippen LogP contribution is -2.20. The molecule has 1 unspecified atom stereocenters. The second-order valence-electron chi connectivity index (χ2n) is 4.29. The Kier molecular flexibility index (Phi) is 8.53. The molecule has 0 heterocycles. The van der Waals surface area contributed by atoms with Gasteiger partial charge in [0, 0.05) is 0 Å². The standard InChI is InChI=1S/C12H27N/c1-5-7-8-9-12(3)10-11-13(4)6-2/h12H,5-11H2,1-4H3. The average Bonchev–Trinajstić information content (AvgIpc) is 2.14. The second kappa shape index (κ2) is 8.55. The molecule has 0 N–H and O–H groups in total. The van der Waals surface area contributed by atoms with Crippen LogP contribution in [0.5, 0.6) is 0 Å². The van der Waals surface area contributed by atoms with Gasteiger partial charge in [0.2, 0.25) is 0 Å². The van der Waals surface area contributed by atoms with Crippen molar-refractivity contribution in [1.82, 2.24) is 4.90 Å². The van der Waals surface area contributed by atoms with Crippen LogP contribution in [-0.2, 0) is 0 Å². The van der Waals surface area contributed by atoms with E-state index in [1.54, 1.807) is 0 Å². The van der Waals surface area contributed by atoms with E-state index in [1.165, 1.54) is 45.2 Å². The van der Waals surface area contributed by atoms with Crippen LogP contribution in [0.1, 0.15) is 52.9 Å². The van der Waals surface area contributed by atoms with Gasteiger partial charge in [0.15, 0.2) is 0 Å². The molecule has 0 aromatic heterocycles. The van der Waals surface area contributed by atoms with Crippen LogP contribution in [0.4, 0.5) is 0 Å². The molecule has 0 rings (SSSR count). The SMILES string of the molecule is CCCCCC(C)CCN(C)CC. The third-order valence-corrected chi connectivity index (χ3v) is 2.84. The molecule has 0 aromatic carbocycles. The normalized spacial score (nSPS) is 13.6. The van der Waals surface area contributed by atoms with Gasteiger partial charge in [-0.05, 0) is 32.5 Å². The number of hydrogen-bond acceptors (Lipinski definition) is 1. The molecule has 0 spiro atoms. The predicted octanol–water partition coefficient (Wildman–Crippen LogP) is 3.54. The van der Waals surface area contributed by atoms with Gasteiger partial charge >= 0.3 is 0 Å². The van der Waals surface area contributed by atoms with Crippen molar-refractivity contribution < 1.29 is 0 Å². The Morgan fingerprint density at radius 3 is 2.31 bits per heavy atom. The molecule has 0 radical (unpaired) electrons. The lowest BCUT2D eigenvalue weighted by molar-refractivity contribution is 0.311. The molecule has 80 valence electrons. The molecule has 0 saturated carbocycles. The first kappa shape index (κ1) is 13.0. The Morgan fingerprint density at radius 2 is 1.77 bits per heavy atom. The Bertz CT molecular complexity index is 101. The maximum atomic E-state index is 2.40. The van der Waals surface area contributed by atoms with E-state index in [1.807, 2.05) is 0 Å². The zero-order valence-corrected chi connectivity index (χ0v) is 9.97. The molecule has 0 bridgehead atoms. The fourth-order valence-corrected chi connectivity index (χ4v) is 1.49. The van der Waals surface area contributed by atoms with Gasteiger partial charge in [0.05, 0.1) is 0 Å². The molecule has 1 heteroatoms. The maximum Gasteiger partial charge on any atom is -0.00194 e. The summed E-state index contributed by atoms with van der Waals surface area (Å²) in [6.45, 7) is 9.34. The van der Waals surface area contributed by atoms with E-state index in [0.29, 0.717) is 0 Å². The lowest BCUT2D eigenvalue weighted by atomic mass is 10.00. The summed E-state index contributed by atoms with van der Waals surface area (Å²) in [6, 6.07) is 0. The first-order valence-electron chi connectivity index (χ1n) is 5.89. The summed E-state index contributed by atoms with van der Waals surface area (Å²) < 4.78 is 0. The third kappa shape index (κ3) is 8.29. The predicted molar refractivity (Wildman–Crippen MR) is 61.1 cm³/mol. The monoisotopic (exact) mass is 185 g/mol. The van der Waals surface area contributed by atoms with Crippen LogP contribution in [0.2, 0.25) is 0 Å². The highest BCUT2D eigenvalue weighted by Gasteiger charge is 2.02. The second-order valence-corrected chi connectivity index (χ2v) is 4.29. The molecule has 1 nitrogen and oxygen atoms in total. The Balaban J connectivity index is 3.24. The summed E-state index contributed by atoms with van der Waals surface area (Å²) >= 11 is 0. The van der Waals surface area contributed by atoms with Crippen LogP contribution < -0.4 is 0 Å². The zero-order chi connectivity index (χ0) is 10.1. The largest absolute Gasteiger partial charge is 0.307 e. The van der Waals surface area contributed by atoms with Crippen molar-refractivity contribution in [2.45, 2.75) is 52.9 Å². The average molecular weight is 185 g/mol. The Morgan fingerprint density at radius 1 is 1.08 bits per heavy atom. The summed E-state index contributed by atoms with van der Waals surface area (Å²) in [5.74, 6) is 0.917. The van der Waals surface area contributed by atoms with E-state index in [9.17, 15) is 0 Å². The van der Waals surface area contributed by atoms with Crippen molar-refractivity contribution in [1.29, 1.82) is 0 Å². The molecule has 0 aliphatic heterocycles. The van der Waals surface area contributed by atoms with Crippen LogP contribution in [0.3, 0.4) is 0 Å². The van der Waals surface area contributed by atoms with Crippen molar-refractivity contribution in [3.63, 3.8) is 0 Å². The minimum Gasteiger partial charge on any atom is -0.307 e. The van der Waals surface area contributed by atoms with E-state index in [2.05, 4.69) is 32.7 Å². The maximum absolute atomic E-state index is 2.40. The van der Waals surface area contributed by atoms with Gasteiger partial charge in [-0.1, -0.05) is 46.5 Å². The van der Waals surface area contributed by atoms with Crippen LogP contribution in [0.15, 0.2) is 0 Å². The summed E-state index contributed by atoms with van der Waals surface area (Å²) in [4.78, 5) is 2.40. The van der Waals surface area contributed by atoms with Crippen LogP contribution in [-0.4, -0.2) is 25.0 Å². The first-order valence-corrected chi connectivity index (χ1v) is 5.89. The number of rotatable bonds is 8. The van der Waals surface area contributed by atoms with E-state index >= 15 is 0 Å². The molecule has 1 atom stereocenters. The van der Waals surface area contributed by atoms with Gasteiger partial charge in [-0.15, -0.1) is 0 Å². The minimum absolute atomic E-state index is 0.917. The van der Waals surface area contributed by atoms with Crippen molar-refractivity contribution >= 4 is 0 Å². The van der Waals surface area contributed by atoms with E-state index in [4.69, 9.17) is 0 Å².